The van der Waals surface area contributed by atoms with Gasteiger partial charge in [-0.3, -0.25) is 9.35 Å². The molecule has 0 fully saturated rings. The smallest absolute Gasteiger partial charge is 0.268 e. The number of nitrogens with one attached hydrogen (secondary N) is 3. The highest BCUT2D eigenvalue weighted by molar-refractivity contribution is 7.81. The number of amides is 1. The van der Waals surface area contributed by atoms with E-state index in [4.69, 9.17) is 19.4 Å². The van der Waals surface area contributed by atoms with Crippen molar-refractivity contribution < 1.29 is 23.0 Å². The first kappa shape index (κ1) is 29.5. The third-order valence-electron chi connectivity index (χ3n) is 6.34. The summed E-state index contributed by atoms with van der Waals surface area (Å²) in [5.74, 6) is 1.14. The molecule has 4 N–H and O–H groups in total. The van der Waals surface area contributed by atoms with E-state index >= 15 is 0 Å². The molecule has 43 heavy (non-hydrogen) atoms. The zero-order valence-corrected chi connectivity index (χ0v) is 24.3. The average Bonchev–Trinajstić information content (AvgIpc) is 3.01. The number of nitrogens with zero attached hydrogens (tertiary/aromatic N) is 3. The first-order valence-electron chi connectivity index (χ1n) is 13.3. The second kappa shape index (κ2) is 13.7. The number of anilines is 5. The Bertz CT molecular complexity index is 1730. The lowest BCUT2D eigenvalue weighted by Gasteiger charge is -2.23. The van der Waals surface area contributed by atoms with Crippen molar-refractivity contribution in [1.29, 1.82) is 0 Å². The van der Waals surface area contributed by atoms with Crippen molar-refractivity contribution in [2.24, 2.45) is 0 Å². The highest BCUT2D eigenvalue weighted by Gasteiger charge is 2.23. The Morgan fingerprint density at radius 2 is 1.51 bits per heavy atom. The van der Waals surface area contributed by atoms with E-state index in [2.05, 4.69) is 16.0 Å². The van der Waals surface area contributed by atoms with Gasteiger partial charge in [0.1, 0.15) is 11.5 Å². The quantitative estimate of drug-likeness (QED) is 0.139. The van der Waals surface area contributed by atoms with Gasteiger partial charge in [-0.2, -0.15) is 0 Å². The van der Waals surface area contributed by atoms with Crippen molar-refractivity contribution in [2.75, 3.05) is 35.7 Å². The highest BCUT2D eigenvalue weighted by Crippen LogP contribution is 2.36. The molecule has 220 valence electrons. The summed E-state index contributed by atoms with van der Waals surface area (Å²) in [6.45, 7) is 0.629. The molecule has 0 aliphatic rings. The minimum atomic E-state index is -2.56. The van der Waals surface area contributed by atoms with Crippen molar-refractivity contribution in [3.63, 3.8) is 0 Å². The van der Waals surface area contributed by atoms with Crippen LogP contribution in [-0.2, 0) is 22.6 Å². The Hall–Kier alpha value is -5.04. The minimum Gasteiger partial charge on any atom is -0.497 e. The van der Waals surface area contributed by atoms with Crippen LogP contribution in [0.3, 0.4) is 0 Å². The van der Waals surface area contributed by atoms with Gasteiger partial charge < -0.3 is 25.4 Å². The number of carbonyl (C=O) groups excluding carboxylic acids is 1. The molecular formula is C31H30N6O5S. The number of rotatable bonds is 12. The van der Waals surface area contributed by atoms with E-state index in [0.717, 1.165) is 9.87 Å². The lowest BCUT2D eigenvalue weighted by Crippen LogP contribution is -2.28. The van der Waals surface area contributed by atoms with E-state index in [1.54, 1.807) is 68.8 Å². The topological polar surface area (TPSA) is 138 Å². The van der Waals surface area contributed by atoms with E-state index in [0.29, 0.717) is 46.1 Å². The molecule has 1 heterocycles. The summed E-state index contributed by atoms with van der Waals surface area (Å²) in [5.41, 5.74) is 3.49. The van der Waals surface area contributed by atoms with Crippen molar-refractivity contribution >= 4 is 56.9 Å². The number of aromatic nitrogens is 2. The van der Waals surface area contributed by atoms with E-state index in [1.165, 1.54) is 0 Å². The largest absolute Gasteiger partial charge is 0.497 e. The standard InChI is InChI=1S/C31H30N6O5S/c1-41-25-16-23(17-26(18-25)42-2)34-30-31(36-28-14-7-6-13-27(28)35-30)37(43(39)40)24-12-8-11-22(15-24)33-29(38)20-32-19-21-9-4-3-5-10-21/h3-18,32H,19-20H2,1-2H3,(H,33,38)(H,34,35)(H,39,40). The maximum Gasteiger partial charge on any atom is 0.268 e. The molecule has 11 nitrogen and oxygen atoms in total. The van der Waals surface area contributed by atoms with Crippen LogP contribution in [0.5, 0.6) is 11.5 Å². The Balaban J connectivity index is 1.44. The van der Waals surface area contributed by atoms with Crippen LogP contribution < -0.4 is 29.7 Å². The molecule has 12 heteroatoms. The predicted octanol–water partition coefficient (Wildman–Crippen LogP) is 5.39. The maximum atomic E-state index is 12.9. The summed E-state index contributed by atoms with van der Waals surface area (Å²) >= 11 is -2.56. The van der Waals surface area contributed by atoms with Crippen molar-refractivity contribution in [2.45, 2.75) is 6.54 Å². The molecule has 5 aromatic rings. The summed E-state index contributed by atoms with van der Waals surface area (Å²) < 4.78 is 35.3. The van der Waals surface area contributed by atoms with Gasteiger partial charge in [-0.25, -0.2) is 18.5 Å². The van der Waals surface area contributed by atoms with Crippen LogP contribution in [-0.4, -0.2) is 45.4 Å². The van der Waals surface area contributed by atoms with E-state index in [9.17, 15) is 13.6 Å². The number of para-hydroxylation sites is 2. The van der Waals surface area contributed by atoms with E-state index in [1.807, 2.05) is 42.5 Å². The van der Waals surface area contributed by atoms with E-state index in [-0.39, 0.29) is 24.1 Å². The fourth-order valence-electron chi connectivity index (χ4n) is 4.35. The summed E-state index contributed by atoms with van der Waals surface area (Å²) in [7, 11) is 3.09. The first-order chi connectivity index (χ1) is 20.9. The SMILES string of the molecule is COc1cc(Nc2nc3ccccc3nc2N(c2cccc(NC(=O)CNCc3ccccc3)c2)S(=O)O)cc(OC)c1. The number of hydrogen-bond acceptors (Lipinski definition) is 8. The second-order valence-electron chi connectivity index (χ2n) is 9.32. The molecule has 0 saturated carbocycles. The Morgan fingerprint density at radius 1 is 0.837 bits per heavy atom. The van der Waals surface area contributed by atoms with Gasteiger partial charge in [0, 0.05) is 36.1 Å². The second-order valence-corrected chi connectivity index (χ2v) is 10.2. The van der Waals surface area contributed by atoms with E-state index < -0.39 is 11.3 Å². The molecule has 0 spiro atoms. The number of fused-ring (bicyclic) bond motifs is 1. The van der Waals surface area contributed by atoms with Crippen LogP contribution in [0, 0.1) is 0 Å². The van der Waals surface area contributed by atoms with Crippen LogP contribution >= 0.6 is 0 Å². The first-order valence-corrected chi connectivity index (χ1v) is 14.3. The molecule has 1 amide bonds. The monoisotopic (exact) mass is 598 g/mol. The number of benzene rings is 4. The molecule has 0 radical (unpaired) electrons. The average molecular weight is 599 g/mol. The zero-order chi connectivity index (χ0) is 30.2. The number of ether oxygens (including phenoxy) is 2. The third-order valence-corrected chi connectivity index (χ3v) is 7.03. The number of hydrogen-bond donors (Lipinski definition) is 4. The number of carbonyl (C=O) groups is 1. The predicted molar refractivity (Wildman–Crippen MR) is 168 cm³/mol. The van der Waals surface area contributed by atoms with Crippen molar-refractivity contribution in [1.82, 2.24) is 15.3 Å². The van der Waals surface area contributed by atoms with Gasteiger partial charge >= 0.3 is 0 Å². The Labute approximate surface area is 251 Å². The minimum absolute atomic E-state index is 0.0863. The van der Waals surface area contributed by atoms with Gasteiger partial charge in [0.2, 0.25) is 5.91 Å². The lowest BCUT2D eigenvalue weighted by molar-refractivity contribution is -0.115. The molecule has 0 saturated heterocycles. The third kappa shape index (κ3) is 7.43. The fraction of sp³-hybridized carbons (Fsp3) is 0.129. The fourth-order valence-corrected chi connectivity index (χ4v) is 4.92. The van der Waals surface area contributed by atoms with Gasteiger partial charge in [0.25, 0.3) is 11.3 Å². The summed E-state index contributed by atoms with van der Waals surface area (Å²) in [6.07, 6.45) is 0. The molecule has 1 unspecified atom stereocenters. The summed E-state index contributed by atoms with van der Waals surface area (Å²) in [5, 5.41) is 9.15. The van der Waals surface area contributed by atoms with Gasteiger partial charge in [-0.15, -0.1) is 0 Å². The number of methoxy groups -OCH3 is 2. The van der Waals surface area contributed by atoms with Crippen molar-refractivity contribution in [3.8, 4) is 11.5 Å². The Morgan fingerprint density at radius 3 is 2.19 bits per heavy atom. The molecule has 5 rings (SSSR count). The van der Waals surface area contributed by atoms with Crippen molar-refractivity contribution in [3.05, 3.63) is 103 Å². The van der Waals surface area contributed by atoms with Gasteiger partial charge in [0.05, 0.1) is 37.5 Å². The lowest BCUT2D eigenvalue weighted by atomic mass is 10.2. The maximum absolute atomic E-state index is 12.9. The molecule has 0 aliphatic carbocycles. The summed E-state index contributed by atoms with van der Waals surface area (Å²) in [6, 6.07) is 28.8. The Kier molecular flexibility index (Phi) is 9.42. The highest BCUT2D eigenvalue weighted by atomic mass is 32.2. The van der Waals surface area contributed by atoms with Gasteiger partial charge in [0.15, 0.2) is 11.6 Å². The zero-order valence-electron chi connectivity index (χ0n) is 23.5. The van der Waals surface area contributed by atoms with Crippen LogP contribution in [0.1, 0.15) is 5.56 Å². The van der Waals surface area contributed by atoms with Gasteiger partial charge in [-0.1, -0.05) is 48.5 Å². The van der Waals surface area contributed by atoms with Crippen LogP contribution in [0.15, 0.2) is 97.1 Å². The molecular weight excluding hydrogens is 568 g/mol. The normalized spacial score (nSPS) is 11.5. The molecule has 1 aromatic heterocycles. The molecule has 0 bridgehead atoms. The van der Waals surface area contributed by atoms with Gasteiger partial charge in [-0.05, 0) is 35.9 Å². The van der Waals surface area contributed by atoms with Crippen LogP contribution in [0.2, 0.25) is 0 Å². The van der Waals surface area contributed by atoms with Crippen LogP contribution in [0.25, 0.3) is 11.0 Å². The molecule has 0 aliphatic heterocycles. The van der Waals surface area contributed by atoms with Crippen LogP contribution in [0.4, 0.5) is 28.7 Å². The summed E-state index contributed by atoms with van der Waals surface area (Å²) in [4.78, 5) is 22.1. The molecule has 1 atom stereocenters. The molecule has 4 aromatic carbocycles.